The van der Waals surface area contributed by atoms with Crippen LogP contribution in [0.1, 0.15) is 18.5 Å². The predicted molar refractivity (Wildman–Crippen MR) is 93.4 cm³/mol. The molecule has 3 rings (SSSR count). The molecule has 1 aromatic carbocycles. The van der Waals surface area contributed by atoms with E-state index < -0.39 is 11.9 Å². The van der Waals surface area contributed by atoms with Gasteiger partial charge in [0.1, 0.15) is 12.3 Å². The summed E-state index contributed by atoms with van der Waals surface area (Å²) in [5.74, 6) is -1.16. The number of para-hydroxylation sites is 2. The van der Waals surface area contributed by atoms with Crippen molar-refractivity contribution in [3.8, 4) is 0 Å². The van der Waals surface area contributed by atoms with Crippen LogP contribution in [0.4, 0.5) is 13.2 Å². The molecule has 1 aromatic heterocycles. The monoisotopic (exact) mass is 359 g/mol. The van der Waals surface area contributed by atoms with Crippen LogP contribution in [0.3, 0.4) is 0 Å². The number of aliphatic imine (C=N–C) groups is 1. The van der Waals surface area contributed by atoms with Gasteiger partial charge in [-0.3, -0.25) is 9.98 Å². The lowest BCUT2D eigenvalue weighted by Crippen LogP contribution is -2.18. The first-order chi connectivity index (χ1) is 12.5. The summed E-state index contributed by atoms with van der Waals surface area (Å²) in [6.45, 7) is 2.92. The highest BCUT2D eigenvalue weighted by molar-refractivity contribution is 5.73. The zero-order valence-electron chi connectivity index (χ0n) is 13.8. The number of alkyl halides is 3. The number of allylic oxidation sites excluding steroid dienone is 5. The Kier molecular flexibility index (Phi) is 5.16. The Labute approximate surface area is 148 Å². The molecular formula is C19H16F3N3O. The predicted octanol–water partition coefficient (Wildman–Crippen LogP) is 4.90. The van der Waals surface area contributed by atoms with Gasteiger partial charge in [0, 0.05) is 0 Å². The normalized spacial score (nSPS) is 15.4. The Bertz CT molecular complexity index is 914. The molecule has 0 atom stereocenters. The van der Waals surface area contributed by atoms with Crippen molar-refractivity contribution in [3.63, 3.8) is 0 Å². The molecule has 2 aromatic rings. The van der Waals surface area contributed by atoms with Crippen molar-refractivity contribution < 1.29 is 17.9 Å². The van der Waals surface area contributed by atoms with Gasteiger partial charge in [0.2, 0.25) is 5.76 Å². The van der Waals surface area contributed by atoms with Crippen LogP contribution in [-0.4, -0.2) is 22.9 Å². The van der Waals surface area contributed by atoms with Crippen molar-refractivity contribution >= 4 is 17.8 Å². The Morgan fingerprint density at radius 3 is 2.65 bits per heavy atom. The van der Waals surface area contributed by atoms with Crippen LogP contribution in [0.5, 0.6) is 0 Å². The minimum atomic E-state index is -4.69. The summed E-state index contributed by atoms with van der Waals surface area (Å²) in [7, 11) is 0. The molecule has 26 heavy (non-hydrogen) atoms. The van der Waals surface area contributed by atoms with Gasteiger partial charge in [-0.1, -0.05) is 30.4 Å². The van der Waals surface area contributed by atoms with Crippen LogP contribution < -0.4 is 0 Å². The number of nitrogens with zero attached hydrogens (tertiary/aromatic N) is 3. The number of rotatable bonds is 5. The van der Waals surface area contributed by atoms with Gasteiger partial charge in [-0.05, 0) is 37.3 Å². The quantitative estimate of drug-likeness (QED) is 0.564. The third-order valence-corrected chi connectivity index (χ3v) is 3.81. The average molecular weight is 359 g/mol. The molecule has 0 unspecified atom stereocenters. The van der Waals surface area contributed by atoms with Gasteiger partial charge in [-0.25, -0.2) is 4.98 Å². The smallest absolute Gasteiger partial charge is 0.451 e. The first-order valence-corrected chi connectivity index (χ1v) is 7.97. The topological polar surface area (TPSA) is 47.4 Å². The van der Waals surface area contributed by atoms with E-state index in [-0.39, 0.29) is 12.3 Å². The summed E-state index contributed by atoms with van der Waals surface area (Å²) < 4.78 is 45.6. The van der Waals surface area contributed by atoms with Gasteiger partial charge in [0.25, 0.3) is 0 Å². The van der Waals surface area contributed by atoms with Crippen LogP contribution in [-0.2, 0) is 11.3 Å². The molecule has 1 aliphatic carbocycles. The number of hydrogen-bond donors (Lipinski definition) is 0. The molecule has 1 aliphatic rings. The van der Waals surface area contributed by atoms with E-state index >= 15 is 0 Å². The van der Waals surface area contributed by atoms with Gasteiger partial charge >= 0.3 is 6.18 Å². The van der Waals surface area contributed by atoms with Gasteiger partial charge < -0.3 is 4.74 Å². The minimum Gasteiger partial charge on any atom is -0.481 e. The summed E-state index contributed by atoms with van der Waals surface area (Å²) >= 11 is 0. The second-order valence-corrected chi connectivity index (χ2v) is 5.63. The van der Waals surface area contributed by atoms with Crippen molar-refractivity contribution in [2.45, 2.75) is 25.6 Å². The van der Waals surface area contributed by atoms with E-state index in [9.17, 15) is 13.2 Å². The molecule has 1 heterocycles. The summed E-state index contributed by atoms with van der Waals surface area (Å²) in [6, 6.07) is 7.11. The summed E-state index contributed by atoms with van der Waals surface area (Å²) in [5.41, 5.74) is 1.71. The van der Waals surface area contributed by atoms with Crippen molar-refractivity contribution in [3.05, 3.63) is 71.4 Å². The highest BCUT2D eigenvalue weighted by atomic mass is 19.4. The van der Waals surface area contributed by atoms with E-state index in [1.54, 1.807) is 30.4 Å². The van der Waals surface area contributed by atoms with Crippen LogP contribution >= 0.6 is 0 Å². The van der Waals surface area contributed by atoms with E-state index in [0.29, 0.717) is 35.1 Å². The summed E-state index contributed by atoms with van der Waals surface area (Å²) in [4.78, 5) is 12.0. The fraction of sp³-hybridized carbons (Fsp3) is 0.211. The van der Waals surface area contributed by atoms with Crippen LogP contribution in [0, 0.1) is 0 Å². The molecule has 0 aliphatic heterocycles. The third kappa shape index (κ3) is 3.99. The maximum Gasteiger partial charge on any atom is 0.451 e. The van der Waals surface area contributed by atoms with Gasteiger partial charge in [-0.2, -0.15) is 13.2 Å². The van der Waals surface area contributed by atoms with Crippen LogP contribution in [0.2, 0.25) is 0 Å². The second kappa shape index (κ2) is 7.51. The number of benzene rings is 1. The standard InChI is InChI=1S/C19H16F3N3O/c1-23-17(13-7-3-2-4-8-13)18(19(20,21)22)26-12-14-11-24-15-9-5-6-10-16(15)25-14/h2-3,5-7,9-11H,1,4,8,12H2/b18-17-. The first kappa shape index (κ1) is 17.8. The van der Waals surface area contributed by atoms with E-state index in [1.165, 1.54) is 6.20 Å². The van der Waals surface area contributed by atoms with Crippen molar-refractivity contribution in [2.75, 3.05) is 0 Å². The SMILES string of the molecule is C=N/C(C1=CC=CCC1)=C(\OCc1cnc2ccccc2n1)C(F)(F)F. The van der Waals surface area contributed by atoms with Gasteiger partial charge in [0.05, 0.1) is 22.9 Å². The third-order valence-electron chi connectivity index (χ3n) is 3.81. The van der Waals surface area contributed by atoms with E-state index in [1.807, 2.05) is 12.1 Å². The van der Waals surface area contributed by atoms with Crippen LogP contribution in [0.25, 0.3) is 11.0 Å². The van der Waals surface area contributed by atoms with E-state index in [2.05, 4.69) is 21.7 Å². The largest absolute Gasteiger partial charge is 0.481 e. The zero-order chi connectivity index (χ0) is 18.6. The molecule has 0 fully saturated rings. The molecule has 7 heteroatoms. The fourth-order valence-electron chi connectivity index (χ4n) is 2.61. The highest BCUT2D eigenvalue weighted by Crippen LogP contribution is 2.35. The van der Waals surface area contributed by atoms with Gasteiger partial charge in [0.15, 0.2) is 0 Å². The minimum absolute atomic E-state index is 0.282. The van der Waals surface area contributed by atoms with E-state index in [0.717, 1.165) is 0 Å². The lowest BCUT2D eigenvalue weighted by Gasteiger charge is -2.18. The maximum atomic E-state index is 13.5. The van der Waals surface area contributed by atoms with Crippen molar-refractivity contribution in [1.82, 2.24) is 9.97 Å². The lowest BCUT2D eigenvalue weighted by molar-refractivity contribution is -0.134. The molecule has 134 valence electrons. The molecule has 0 bridgehead atoms. The first-order valence-electron chi connectivity index (χ1n) is 7.97. The molecule has 4 nitrogen and oxygen atoms in total. The number of hydrogen-bond acceptors (Lipinski definition) is 4. The molecular weight excluding hydrogens is 343 g/mol. The van der Waals surface area contributed by atoms with Crippen LogP contribution in [0.15, 0.2) is 70.7 Å². The molecule has 0 saturated carbocycles. The Balaban J connectivity index is 1.90. The second-order valence-electron chi connectivity index (χ2n) is 5.63. The highest BCUT2D eigenvalue weighted by Gasteiger charge is 2.39. The molecule has 0 saturated heterocycles. The molecule has 0 N–H and O–H groups in total. The lowest BCUT2D eigenvalue weighted by atomic mass is 10.0. The fourth-order valence-corrected chi connectivity index (χ4v) is 2.61. The Morgan fingerprint density at radius 2 is 2.00 bits per heavy atom. The average Bonchev–Trinajstić information content (AvgIpc) is 2.64. The number of ether oxygens (including phenoxy) is 1. The molecule has 0 amide bonds. The summed E-state index contributed by atoms with van der Waals surface area (Å²) in [5, 5.41) is 0. The Morgan fingerprint density at radius 1 is 1.23 bits per heavy atom. The Hall–Kier alpha value is -2.96. The molecule has 0 spiro atoms. The van der Waals surface area contributed by atoms with E-state index in [4.69, 9.17) is 4.74 Å². The maximum absolute atomic E-state index is 13.5. The van der Waals surface area contributed by atoms with Gasteiger partial charge in [-0.15, -0.1) is 0 Å². The number of halogens is 3. The van der Waals surface area contributed by atoms with Crippen molar-refractivity contribution in [2.24, 2.45) is 4.99 Å². The summed E-state index contributed by atoms with van der Waals surface area (Å²) in [6.07, 6.45) is 2.98. The zero-order valence-corrected chi connectivity index (χ0v) is 13.8. The number of fused-ring (bicyclic) bond motifs is 1. The molecule has 0 radical (unpaired) electrons. The van der Waals surface area contributed by atoms with Crippen molar-refractivity contribution in [1.29, 1.82) is 0 Å². The number of aromatic nitrogens is 2.